The second-order valence-electron chi connectivity index (χ2n) is 16.7. The van der Waals surface area contributed by atoms with Crippen LogP contribution in [0.25, 0.3) is 11.2 Å². The Morgan fingerprint density at radius 2 is 1.50 bits per heavy atom. The summed E-state index contributed by atoms with van der Waals surface area (Å²) in [6.45, 7) is 0.820. The Kier molecular flexibility index (Phi) is 25.9. The van der Waals surface area contributed by atoms with Gasteiger partial charge >= 0.3 is 23.5 Å². The molecule has 25 nitrogen and oxygen atoms in total. The minimum atomic E-state index is -5.58. The third-order valence-electron chi connectivity index (χ3n) is 10.5. The van der Waals surface area contributed by atoms with Crippen LogP contribution in [-0.2, 0) is 50.7 Å². The zero-order chi connectivity index (χ0) is 50.4. The van der Waals surface area contributed by atoms with Gasteiger partial charge in [0, 0.05) is 43.7 Å². The minimum Gasteiger partial charge on any atom is -0.396 e. The van der Waals surface area contributed by atoms with Gasteiger partial charge in [-0.3, -0.25) is 32.5 Å². The number of unbranched alkanes of at least 4 members (excludes halogenated alkanes) is 11. The number of anilines is 1. The number of fused-ring (bicyclic) bond motifs is 1. The summed E-state index contributed by atoms with van der Waals surface area (Å²) in [4.78, 5) is 88.4. The number of thioether (sulfide) groups is 1. The number of carbonyl (C=O) groups excluding carboxylic acids is 3. The standard InChI is InChI=1S/C39H68N7O18P3S/c1-39(2,34(51)37(52)42-20-19-29(48)41-21-23-68-30(49)18-16-14-12-10-8-6-4-3-5-7-9-11-13-15-17-22-47)25-61-67(58,59)64-66(56,57)60-24-28-33(63-65(53,54)55)32(50)38(62-28)46-27-45-31-35(40)43-26-44-36(31)46/h3-4,26-28,32-34,38,47,50-51H,5-25H2,1-2H3,(H,41,48)(H,42,52)(H,56,57)(H,58,59)(H2,40,43,44)(H2,53,54,55)/b4-3-/t28-,32-,33-,34+,38-/m1/s1. The van der Waals surface area contributed by atoms with Gasteiger partial charge in [0.2, 0.25) is 11.8 Å². The van der Waals surface area contributed by atoms with Crippen LogP contribution in [-0.4, -0.2) is 134 Å². The second kappa shape index (κ2) is 29.6. The van der Waals surface area contributed by atoms with E-state index in [2.05, 4.69) is 46.6 Å². The minimum absolute atomic E-state index is 0.0309. The molecule has 1 fully saturated rings. The fourth-order valence-electron chi connectivity index (χ4n) is 6.75. The summed E-state index contributed by atoms with van der Waals surface area (Å²) in [5.74, 6) is -1.05. The first-order valence-corrected chi connectivity index (χ1v) is 27.9. The molecule has 68 heavy (non-hydrogen) atoms. The number of ether oxygens (including phenoxy) is 1. The largest absolute Gasteiger partial charge is 0.481 e. The van der Waals surface area contributed by atoms with Gasteiger partial charge in [0.1, 0.15) is 36.3 Å². The second-order valence-corrected chi connectivity index (χ2v) is 22.1. The Balaban J connectivity index is 1.29. The van der Waals surface area contributed by atoms with E-state index in [1.807, 2.05) is 0 Å². The number of hydrogen-bond donors (Lipinski definition) is 10. The van der Waals surface area contributed by atoms with Crippen molar-refractivity contribution >= 4 is 69.1 Å². The number of nitrogens with two attached hydrogens (primary N) is 1. The van der Waals surface area contributed by atoms with E-state index in [9.17, 15) is 57.9 Å². The van der Waals surface area contributed by atoms with Crippen LogP contribution in [0.2, 0.25) is 0 Å². The third-order valence-corrected chi connectivity index (χ3v) is 14.5. The molecule has 388 valence electrons. The van der Waals surface area contributed by atoms with Crippen molar-refractivity contribution in [1.82, 2.24) is 30.2 Å². The van der Waals surface area contributed by atoms with Crippen LogP contribution in [0.15, 0.2) is 24.8 Å². The maximum atomic E-state index is 12.7. The quantitative estimate of drug-likeness (QED) is 0.0267. The molecule has 2 aromatic heterocycles. The average Bonchev–Trinajstić information content (AvgIpc) is 3.83. The lowest BCUT2D eigenvalue weighted by molar-refractivity contribution is -0.137. The maximum Gasteiger partial charge on any atom is 0.481 e. The molecule has 3 rings (SSSR count). The number of aliphatic hydroxyl groups is 3. The molecule has 1 aliphatic rings. The number of phosphoric acid groups is 3. The Hall–Kier alpha value is -2.74. The molecule has 1 saturated heterocycles. The summed E-state index contributed by atoms with van der Waals surface area (Å²) < 4.78 is 62.4. The van der Waals surface area contributed by atoms with E-state index < -0.39 is 84.6 Å². The van der Waals surface area contributed by atoms with Gasteiger partial charge in [-0.1, -0.05) is 82.7 Å². The summed E-state index contributed by atoms with van der Waals surface area (Å²) in [7, 11) is -16.4. The highest BCUT2D eigenvalue weighted by Gasteiger charge is 2.50. The van der Waals surface area contributed by atoms with Gasteiger partial charge in [0.15, 0.2) is 22.8 Å². The number of aliphatic hydroxyl groups excluding tert-OH is 3. The Morgan fingerprint density at radius 1 is 0.882 bits per heavy atom. The fraction of sp³-hybridized carbons (Fsp3) is 0.744. The molecule has 11 N–H and O–H groups in total. The highest BCUT2D eigenvalue weighted by Crippen LogP contribution is 2.61. The first-order valence-electron chi connectivity index (χ1n) is 22.4. The van der Waals surface area contributed by atoms with Crippen LogP contribution in [0, 0.1) is 5.41 Å². The van der Waals surface area contributed by atoms with Crippen LogP contribution in [0.5, 0.6) is 0 Å². The first kappa shape index (κ1) is 59.6. The molecule has 0 aromatic carbocycles. The highest BCUT2D eigenvalue weighted by atomic mass is 32.2. The number of nitrogen functional groups attached to an aromatic ring is 1. The molecule has 2 unspecified atom stereocenters. The summed E-state index contributed by atoms with van der Waals surface area (Å²) in [6, 6.07) is 0. The fourth-order valence-corrected chi connectivity index (χ4v) is 10.3. The molecule has 0 spiro atoms. The Morgan fingerprint density at radius 3 is 2.15 bits per heavy atom. The lowest BCUT2D eigenvalue weighted by Gasteiger charge is -2.30. The van der Waals surface area contributed by atoms with Crippen molar-refractivity contribution < 1.29 is 85.6 Å². The molecule has 7 atom stereocenters. The van der Waals surface area contributed by atoms with Crippen molar-refractivity contribution in [2.45, 2.75) is 141 Å². The monoisotopic (exact) mass is 1050 g/mol. The van der Waals surface area contributed by atoms with Crippen LogP contribution in [0.4, 0.5) is 5.82 Å². The lowest BCUT2D eigenvalue weighted by Crippen LogP contribution is -2.46. The van der Waals surface area contributed by atoms with Crippen molar-refractivity contribution in [2.75, 3.05) is 44.4 Å². The van der Waals surface area contributed by atoms with Gasteiger partial charge in [-0.15, -0.1) is 0 Å². The number of phosphoric ester groups is 3. The van der Waals surface area contributed by atoms with E-state index >= 15 is 0 Å². The lowest BCUT2D eigenvalue weighted by atomic mass is 9.87. The van der Waals surface area contributed by atoms with Crippen molar-refractivity contribution in [3.63, 3.8) is 0 Å². The van der Waals surface area contributed by atoms with Gasteiger partial charge in [0.25, 0.3) is 0 Å². The van der Waals surface area contributed by atoms with E-state index in [0.717, 1.165) is 86.8 Å². The number of hydrogen-bond acceptors (Lipinski definition) is 19. The summed E-state index contributed by atoms with van der Waals surface area (Å²) in [5, 5.41) is 35.4. The number of rotatable bonds is 35. The van der Waals surface area contributed by atoms with Crippen molar-refractivity contribution in [3.05, 3.63) is 24.8 Å². The Bertz CT molecular complexity index is 2060. The molecule has 0 saturated carbocycles. The van der Waals surface area contributed by atoms with E-state index in [1.165, 1.54) is 39.5 Å². The smallest absolute Gasteiger partial charge is 0.396 e. The first-order chi connectivity index (χ1) is 32.1. The molecule has 1 aliphatic heterocycles. The summed E-state index contributed by atoms with van der Waals surface area (Å²) in [6.07, 6.45) is 12.2. The summed E-state index contributed by atoms with van der Waals surface area (Å²) in [5.41, 5.74) is 4.28. The van der Waals surface area contributed by atoms with Crippen LogP contribution < -0.4 is 16.4 Å². The van der Waals surface area contributed by atoms with E-state index in [-0.39, 0.29) is 48.2 Å². The normalized spacial score (nSPS) is 20.1. The molecule has 0 aliphatic carbocycles. The van der Waals surface area contributed by atoms with Gasteiger partial charge in [-0.05, 0) is 38.5 Å². The molecule has 0 bridgehead atoms. The van der Waals surface area contributed by atoms with Crippen LogP contribution in [0.1, 0.15) is 116 Å². The third kappa shape index (κ3) is 22.1. The average molecular weight is 1050 g/mol. The Labute approximate surface area is 399 Å². The molecule has 2 amide bonds. The predicted octanol–water partition coefficient (Wildman–Crippen LogP) is 3.67. The molecular weight excluding hydrogens is 979 g/mol. The van der Waals surface area contributed by atoms with E-state index in [1.54, 1.807) is 0 Å². The zero-order valence-electron chi connectivity index (χ0n) is 38.3. The number of nitrogens with zero attached hydrogens (tertiary/aromatic N) is 4. The number of allylic oxidation sites excluding steroid dienone is 2. The van der Waals surface area contributed by atoms with Gasteiger partial charge in [-0.2, -0.15) is 4.31 Å². The van der Waals surface area contributed by atoms with E-state index in [4.69, 9.17) is 24.6 Å². The number of amides is 2. The topological polar surface area (TPSA) is 384 Å². The number of imidazole rings is 1. The zero-order valence-corrected chi connectivity index (χ0v) is 41.8. The van der Waals surface area contributed by atoms with E-state index in [0.29, 0.717) is 12.2 Å². The SMILES string of the molecule is CC(C)(COP(=O)(O)OP(=O)(O)OC[C@H]1O[C@@H](n2cnc3c(N)ncnc32)[C@H](O)[C@@H]1OP(=O)(O)O)[C@@H](O)C(=O)NCCC(=O)NCCSC(=O)CCCCCCC/C=C\CCCCCCCCO. The molecule has 0 radical (unpaired) electrons. The molecule has 29 heteroatoms. The molecule has 2 aromatic rings. The van der Waals surface area contributed by atoms with Crippen molar-refractivity contribution in [3.8, 4) is 0 Å². The molecular formula is C39H68N7O18P3S. The van der Waals surface area contributed by atoms with Crippen molar-refractivity contribution in [2.24, 2.45) is 5.41 Å². The predicted molar refractivity (Wildman–Crippen MR) is 248 cm³/mol. The van der Waals surface area contributed by atoms with Gasteiger partial charge in [0.05, 0.1) is 19.5 Å². The maximum absolute atomic E-state index is 12.7. The van der Waals surface area contributed by atoms with Crippen LogP contribution >= 0.6 is 35.2 Å². The van der Waals surface area contributed by atoms with Gasteiger partial charge in [-0.25, -0.2) is 28.6 Å². The van der Waals surface area contributed by atoms with Gasteiger partial charge < -0.3 is 56.0 Å². The molecule has 3 heterocycles. The number of carbonyl (C=O) groups is 3. The summed E-state index contributed by atoms with van der Waals surface area (Å²) >= 11 is 1.14. The van der Waals surface area contributed by atoms with Crippen LogP contribution in [0.3, 0.4) is 0 Å². The van der Waals surface area contributed by atoms with Crippen molar-refractivity contribution in [1.29, 1.82) is 0 Å². The number of aromatic nitrogens is 4. The highest BCUT2D eigenvalue weighted by molar-refractivity contribution is 8.13. The number of nitrogens with one attached hydrogen (secondary N) is 2.